The quantitative estimate of drug-likeness (QED) is 0.326. The van der Waals surface area contributed by atoms with Crippen LogP contribution in [-0.2, 0) is 11.0 Å². The van der Waals surface area contributed by atoms with Gasteiger partial charge in [-0.15, -0.1) is 23.5 Å². The molecule has 4 rings (SSSR count). The molecule has 2 aromatic rings. The van der Waals surface area contributed by atoms with Gasteiger partial charge in [-0.3, -0.25) is 0 Å². The highest BCUT2D eigenvalue weighted by Gasteiger charge is 2.42. The van der Waals surface area contributed by atoms with Gasteiger partial charge in [0.1, 0.15) is 0 Å². The smallest absolute Gasteiger partial charge is 0.161 e. The fourth-order valence-corrected chi connectivity index (χ4v) is 9.26. The Balaban J connectivity index is 1.69. The first-order valence-electron chi connectivity index (χ1n) is 13.3. The highest BCUT2D eigenvalue weighted by Crippen LogP contribution is 2.50. The molecule has 7 heteroatoms. The molecule has 204 valence electrons. The Morgan fingerprint density at radius 3 is 1.95 bits per heavy atom. The summed E-state index contributed by atoms with van der Waals surface area (Å²) < 4.78 is 22.6. The molecule has 0 aromatic heterocycles. The number of thioether (sulfide) groups is 2. The van der Waals surface area contributed by atoms with E-state index in [0.717, 1.165) is 48.8 Å². The van der Waals surface area contributed by atoms with Crippen LogP contribution in [0.2, 0.25) is 0 Å². The van der Waals surface area contributed by atoms with E-state index >= 15 is 0 Å². The van der Waals surface area contributed by atoms with Gasteiger partial charge in [0, 0.05) is 17.5 Å². The number of hydrogen-bond acceptors (Lipinski definition) is 7. The Labute approximate surface area is 231 Å². The van der Waals surface area contributed by atoms with E-state index in [0.29, 0.717) is 0 Å². The van der Waals surface area contributed by atoms with Crippen LogP contribution < -0.4 is 24.3 Å². The Morgan fingerprint density at radius 1 is 0.784 bits per heavy atom. The average molecular weight is 546 g/mol. The van der Waals surface area contributed by atoms with Crippen LogP contribution in [0.3, 0.4) is 0 Å². The highest BCUT2D eigenvalue weighted by molar-refractivity contribution is 8.18. The first kappa shape index (κ1) is 28.3. The first-order valence-corrected chi connectivity index (χ1v) is 15.3. The van der Waals surface area contributed by atoms with Crippen LogP contribution in [0.1, 0.15) is 63.5 Å². The molecular weight excluding hydrogens is 502 g/mol. The lowest BCUT2D eigenvalue weighted by molar-refractivity contribution is 0.279. The minimum Gasteiger partial charge on any atom is -0.493 e. The van der Waals surface area contributed by atoms with Crippen LogP contribution in [0, 0.1) is 0 Å². The van der Waals surface area contributed by atoms with Crippen LogP contribution in [0.25, 0.3) is 0 Å². The standard InChI is InChI=1S/C30H43NO4S2/c1-28(20-29(2)36-16-9-17-37-29,22-10-12-24(32-3)26(18-22)34-5)31-21-30(14-7-8-15-30)23-11-13-25(33-4)27(19-23)35-6/h10-13,18-19,31H,7-9,14-17,20-21H2,1-6H3. The lowest BCUT2D eigenvalue weighted by atomic mass is 9.77. The molecule has 0 radical (unpaired) electrons. The molecule has 1 heterocycles. The van der Waals surface area contributed by atoms with Gasteiger partial charge in [0.15, 0.2) is 23.0 Å². The van der Waals surface area contributed by atoms with Gasteiger partial charge in [0.2, 0.25) is 0 Å². The molecule has 0 spiro atoms. The lowest BCUT2D eigenvalue weighted by Crippen LogP contribution is -2.49. The van der Waals surface area contributed by atoms with Crippen molar-refractivity contribution in [1.82, 2.24) is 5.32 Å². The van der Waals surface area contributed by atoms with Crippen LogP contribution in [0.5, 0.6) is 23.0 Å². The minimum absolute atomic E-state index is 0.0606. The van der Waals surface area contributed by atoms with Crippen molar-refractivity contribution in [3.63, 3.8) is 0 Å². The maximum Gasteiger partial charge on any atom is 0.161 e. The molecule has 1 N–H and O–H groups in total. The molecule has 0 amide bonds. The van der Waals surface area contributed by atoms with Crippen molar-refractivity contribution in [3.05, 3.63) is 47.5 Å². The number of ether oxygens (including phenoxy) is 4. The summed E-state index contributed by atoms with van der Waals surface area (Å²) >= 11 is 4.21. The fraction of sp³-hybridized carbons (Fsp3) is 0.600. The largest absolute Gasteiger partial charge is 0.493 e. The maximum atomic E-state index is 5.71. The van der Waals surface area contributed by atoms with E-state index in [1.807, 2.05) is 6.07 Å². The molecule has 1 saturated carbocycles. The maximum absolute atomic E-state index is 5.71. The summed E-state index contributed by atoms with van der Waals surface area (Å²) in [5.41, 5.74) is 2.39. The van der Waals surface area contributed by atoms with Crippen LogP contribution in [-0.4, -0.2) is 50.6 Å². The number of nitrogens with one attached hydrogen (secondary N) is 1. The number of methoxy groups -OCH3 is 4. The number of hydrogen-bond donors (Lipinski definition) is 1. The van der Waals surface area contributed by atoms with Gasteiger partial charge >= 0.3 is 0 Å². The topological polar surface area (TPSA) is 49.0 Å². The Kier molecular flexibility index (Phi) is 9.18. The zero-order valence-electron chi connectivity index (χ0n) is 23.3. The van der Waals surface area contributed by atoms with E-state index in [-0.39, 0.29) is 15.0 Å². The van der Waals surface area contributed by atoms with Crippen molar-refractivity contribution >= 4 is 23.5 Å². The third-order valence-corrected chi connectivity index (χ3v) is 11.4. The Morgan fingerprint density at radius 2 is 1.35 bits per heavy atom. The molecule has 1 aliphatic heterocycles. The van der Waals surface area contributed by atoms with E-state index in [9.17, 15) is 0 Å². The molecule has 2 aliphatic rings. The molecule has 37 heavy (non-hydrogen) atoms. The van der Waals surface area contributed by atoms with Crippen molar-refractivity contribution in [1.29, 1.82) is 0 Å². The summed E-state index contributed by atoms with van der Waals surface area (Å²) in [6, 6.07) is 12.9. The predicted octanol–water partition coefficient (Wildman–Crippen LogP) is 7.01. The average Bonchev–Trinajstić information content (AvgIpc) is 3.41. The SMILES string of the molecule is COc1ccc(C2(CNC(C)(CC3(C)SCCCS3)c3ccc(OC)c(OC)c3)CCCC2)cc1OC. The third-order valence-electron chi connectivity index (χ3n) is 8.17. The second kappa shape index (κ2) is 12.0. The molecule has 1 aliphatic carbocycles. The predicted molar refractivity (Wildman–Crippen MR) is 157 cm³/mol. The number of benzene rings is 2. The molecule has 2 fully saturated rings. The summed E-state index contributed by atoms with van der Waals surface area (Å²) in [7, 11) is 6.82. The fourth-order valence-electron chi connectivity index (χ4n) is 6.02. The Bertz CT molecular complexity index is 1050. The lowest BCUT2D eigenvalue weighted by Gasteiger charge is -2.44. The van der Waals surface area contributed by atoms with Crippen molar-refractivity contribution in [3.8, 4) is 23.0 Å². The zero-order chi connectivity index (χ0) is 26.5. The van der Waals surface area contributed by atoms with Crippen molar-refractivity contribution in [2.24, 2.45) is 0 Å². The minimum atomic E-state index is -0.238. The molecule has 2 aromatic carbocycles. The van der Waals surface area contributed by atoms with E-state index in [4.69, 9.17) is 18.9 Å². The molecular formula is C30H43NO4S2. The van der Waals surface area contributed by atoms with Gasteiger partial charge in [-0.1, -0.05) is 25.0 Å². The summed E-state index contributed by atoms with van der Waals surface area (Å²) in [6.07, 6.45) is 7.12. The second-order valence-electron chi connectivity index (χ2n) is 10.7. The van der Waals surface area contributed by atoms with Crippen molar-refractivity contribution in [2.75, 3.05) is 46.5 Å². The van der Waals surface area contributed by atoms with Crippen LogP contribution >= 0.6 is 23.5 Å². The highest BCUT2D eigenvalue weighted by atomic mass is 32.2. The second-order valence-corrected chi connectivity index (χ2v) is 14.1. The molecule has 0 bridgehead atoms. The van der Waals surface area contributed by atoms with Crippen LogP contribution in [0.4, 0.5) is 0 Å². The number of rotatable bonds is 11. The van der Waals surface area contributed by atoms with Gasteiger partial charge in [-0.25, -0.2) is 0 Å². The monoisotopic (exact) mass is 545 g/mol. The third kappa shape index (κ3) is 6.15. The normalized spacial score (nSPS) is 20.2. The zero-order valence-corrected chi connectivity index (χ0v) is 24.9. The van der Waals surface area contributed by atoms with E-state index in [1.165, 1.54) is 41.9 Å². The van der Waals surface area contributed by atoms with Gasteiger partial charge in [0.25, 0.3) is 0 Å². The van der Waals surface area contributed by atoms with E-state index in [1.54, 1.807) is 28.4 Å². The van der Waals surface area contributed by atoms with Gasteiger partial charge in [0.05, 0.1) is 32.5 Å². The van der Waals surface area contributed by atoms with Crippen molar-refractivity contribution < 1.29 is 18.9 Å². The molecule has 5 nitrogen and oxygen atoms in total. The van der Waals surface area contributed by atoms with E-state index < -0.39 is 0 Å². The molecule has 1 saturated heterocycles. The van der Waals surface area contributed by atoms with Crippen LogP contribution in [0.15, 0.2) is 36.4 Å². The summed E-state index contributed by atoms with van der Waals surface area (Å²) in [5.74, 6) is 5.57. The van der Waals surface area contributed by atoms with E-state index in [2.05, 4.69) is 73.0 Å². The molecule has 1 unspecified atom stereocenters. The summed E-state index contributed by atoms with van der Waals surface area (Å²) in [5, 5.41) is 4.13. The van der Waals surface area contributed by atoms with Gasteiger partial charge in [-0.2, -0.15) is 0 Å². The van der Waals surface area contributed by atoms with Gasteiger partial charge < -0.3 is 24.3 Å². The Hall–Kier alpha value is -1.70. The molecule has 1 atom stereocenters. The summed E-state index contributed by atoms with van der Waals surface area (Å²) in [6.45, 7) is 5.69. The summed E-state index contributed by atoms with van der Waals surface area (Å²) in [4.78, 5) is 0. The first-order chi connectivity index (χ1) is 17.8. The van der Waals surface area contributed by atoms with Gasteiger partial charge in [-0.05, 0) is 86.4 Å². The van der Waals surface area contributed by atoms with Crippen molar-refractivity contribution in [2.45, 2.75) is 67.4 Å².